The molecule has 0 atom stereocenters. The van der Waals surface area contributed by atoms with Gasteiger partial charge in [0, 0.05) is 37.8 Å². The molecular formula is C18H23N3O2. The minimum atomic E-state index is 0.201. The van der Waals surface area contributed by atoms with Crippen molar-refractivity contribution in [2.24, 2.45) is 7.05 Å². The molecule has 0 unspecified atom stereocenters. The van der Waals surface area contributed by atoms with Crippen LogP contribution in [0, 0.1) is 0 Å². The van der Waals surface area contributed by atoms with Crippen LogP contribution in [0.1, 0.15) is 29.7 Å². The highest BCUT2D eigenvalue weighted by Crippen LogP contribution is 2.21. The van der Waals surface area contributed by atoms with Gasteiger partial charge in [-0.15, -0.1) is 0 Å². The topological polar surface area (TPSA) is 47.4 Å². The smallest absolute Gasteiger partial charge is 0.223 e. The Bertz CT molecular complexity index is 693. The largest absolute Gasteiger partial charge is 0.496 e. The maximum atomic E-state index is 12.6. The first kappa shape index (κ1) is 15.6. The van der Waals surface area contributed by atoms with Gasteiger partial charge in [0.05, 0.1) is 13.3 Å². The van der Waals surface area contributed by atoms with Crippen LogP contribution in [0.25, 0.3) is 0 Å². The molecule has 0 saturated heterocycles. The van der Waals surface area contributed by atoms with Crippen LogP contribution in [0.3, 0.4) is 0 Å². The minimum Gasteiger partial charge on any atom is -0.496 e. The molecule has 0 fully saturated rings. The lowest BCUT2D eigenvalue weighted by Gasteiger charge is -2.20. The molecule has 1 aromatic carbocycles. The van der Waals surface area contributed by atoms with Gasteiger partial charge in [0.25, 0.3) is 0 Å². The number of para-hydroxylation sites is 1. The second-order valence-electron chi connectivity index (χ2n) is 5.97. The Hall–Kier alpha value is -2.30. The number of carbonyl (C=O) groups excluding carboxylic acids is 1. The highest BCUT2D eigenvalue weighted by atomic mass is 16.5. The molecule has 1 aliphatic rings. The number of nitrogens with zero attached hydrogens (tertiary/aromatic N) is 3. The lowest BCUT2D eigenvalue weighted by Crippen LogP contribution is -2.30. The second-order valence-corrected chi connectivity index (χ2v) is 5.97. The molecule has 0 bridgehead atoms. The average Bonchev–Trinajstić information content (AvgIpc) is 2.80. The molecule has 3 rings (SSSR count). The zero-order chi connectivity index (χ0) is 16.2. The fraction of sp³-hybridized carbons (Fsp3) is 0.444. The molecular weight excluding hydrogens is 290 g/mol. The van der Waals surface area contributed by atoms with Gasteiger partial charge in [-0.25, -0.2) is 0 Å². The molecule has 23 heavy (non-hydrogen) atoms. The van der Waals surface area contributed by atoms with E-state index in [2.05, 4.69) is 5.10 Å². The summed E-state index contributed by atoms with van der Waals surface area (Å²) in [6, 6.07) is 7.89. The van der Waals surface area contributed by atoms with Crippen molar-refractivity contribution in [2.75, 3.05) is 13.7 Å². The third-order valence-electron chi connectivity index (χ3n) is 4.50. The van der Waals surface area contributed by atoms with Crippen LogP contribution in [0.4, 0.5) is 0 Å². The zero-order valence-electron chi connectivity index (χ0n) is 13.8. The van der Waals surface area contributed by atoms with Crippen molar-refractivity contribution in [1.82, 2.24) is 14.7 Å². The van der Waals surface area contributed by atoms with Crippen LogP contribution in [-0.2, 0) is 31.2 Å². The van der Waals surface area contributed by atoms with E-state index in [9.17, 15) is 4.79 Å². The molecule has 0 spiro atoms. The van der Waals surface area contributed by atoms with Gasteiger partial charge in [0.2, 0.25) is 5.91 Å². The molecule has 0 radical (unpaired) electrons. The van der Waals surface area contributed by atoms with Gasteiger partial charge in [-0.3, -0.25) is 9.48 Å². The van der Waals surface area contributed by atoms with Crippen LogP contribution in [0.5, 0.6) is 5.75 Å². The molecule has 2 heterocycles. The number of hydrogen-bond donors (Lipinski definition) is 0. The standard InChI is InChI=1S/C18H23N3O2/c1-20-16-7-5-11-21(13-15(16)12-19-20)18(22)10-9-14-6-3-4-8-17(14)23-2/h3-4,6,8,12H,5,7,9-11,13H2,1-2H3. The number of hydrogen-bond acceptors (Lipinski definition) is 3. The quantitative estimate of drug-likeness (QED) is 0.870. The summed E-state index contributed by atoms with van der Waals surface area (Å²) in [6.45, 7) is 1.49. The summed E-state index contributed by atoms with van der Waals surface area (Å²) in [7, 11) is 3.64. The van der Waals surface area contributed by atoms with Crippen LogP contribution >= 0.6 is 0 Å². The van der Waals surface area contributed by atoms with Gasteiger partial charge in [-0.1, -0.05) is 18.2 Å². The molecule has 2 aromatic rings. The van der Waals surface area contributed by atoms with E-state index in [0.717, 1.165) is 30.7 Å². The molecule has 122 valence electrons. The number of amides is 1. The predicted molar refractivity (Wildman–Crippen MR) is 88.3 cm³/mol. The van der Waals surface area contributed by atoms with Crippen molar-refractivity contribution < 1.29 is 9.53 Å². The van der Waals surface area contributed by atoms with Crippen molar-refractivity contribution >= 4 is 5.91 Å². The molecule has 1 aliphatic heterocycles. The first-order valence-corrected chi connectivity index (χ1v) is 8.08. The molecule has 1 aromatic heterocycles. The van der Waals surface area contributed by atoms with Gasteiger partial charge in [-0.05, 0) is 30.9 Å². The van der Waals surface area contributed by atoms with Crippen molar-refractivity contribution in [3.05, 3.63) is 47.3 Å². The predicted octanol–water partition coefficient (Wildman–Crippen LogP) is 2.34. The second kappa shape index (κ2) is 6.86. The Labute approximate surface area is 136 Å². The number of ether oxygens (including phenoxy) is 1. The maximum Gasteiger partial charge on any atom is 0.223 e. The van der Waals surface area contributed by atoms with E-state index in [1.165, 1.54) is 11.3 Å². The van der Waals surface area contributed by atoms with Gasteiger partial charge in [-0.2, -0.15) is 5.10 Å². The third kappa shape index (κ3) is 3.38. The molecule has 5 heteroatoms. The van der Waals surface area contributed by atoms with Crippen LogP contribution in [-0.4, -0.2) is 34.2 Å². The molecule has 0 saturated carbocycles. The maximum absolute atomic E-state index is 12.6. The van der Waals surface area contributed by atoms with E-state index in [-0.39, 0.29) is 5.91 Å². The normalized spacial score (nSPS) is 14.3. The van der Waals surface area contributed by atoms with Gasteiger partial charge < -0.3 is 9.64 Å². The van der Waals surface area contributed by atoms with Crippen molar-refractivity contribution in [3.8, 4) is 5.75 Å². The van der Waals surface area contributed by atoms with E-state index < -0.39 is 0 Å². The summed E-state index contributed by atoms with van der Waals surface area (Å²) >= 11 is 0. The van der Waals surface area contributed by atoms with E-state index in [0.29, 0.717) is 19.4 Å². The first-order valence-electron chi connectivity index (χ1n) is 8.08. The number of aryl methyl sites for hydroxylation is 2. The monoisotopic (exact) mass is 313 g/mol. The van der Waals surface area contributed by atoms with E-state index in [1.54, 1.807) is 7.11 Å². The Kier molecular flexibility index (Phi) is 4.65. The molecule has 0 aliphatic carbocycles. The van der Waals surface area contributed by atoms with Gasteiger partial charge in [0.15, 0.2) is 0 Å². The summed E-state index contributed by atoms with van der Waals surface area (Å²) in [5.41, 5.74) is 3.51. The summed E-state index contributed by atoms with van der Waals surface area (Å²) < 4.78 is 7.29. The van der Waals surface area contributed by atoms with E-state index in [1.807, 2.05) is 47.1 Å². The number of aromatic nitrogens is 2. The minimum absolute atomic E-state index is 0.201. The van der Waals surface area contributed by atoms with Crippen LogP contribution < -0.4 is 4.74 Å². The molecule has 0 N–H and O–H groups in total. The number of fused-ring (bicyclic) bond motifs is 1. The Morgan fingerprint density at radius 2 is 2.17 bits per heavy atom. The highest BCUT2D eigenvalue weighted by Gasteiger charge is 2.21. The lowest BCUT2D eigenvalue weighted by atomic mass is 10.1. The Morgan fingerprint density at radius 3 is 3.00 bits per heavy atom. The average molecular weight is 313 g/mol. The third-order valence-corrected chi connectivity index (χ3v) is 4.50. The Morgan fingerprint density at radius 1 is 1.35 bits per heavy atom. The fourth-order valence-electron chi connectivity index (χ4n) is 3.21. The van der Waals surface area contributed by atoms with Gasteiger partial charge in [0.1, 0.15) is 5.75 Å². The lowest BCUT2D eigenvalue weighted by molar-refractivity contribution is -0.131. The number of carbonyl (C=O) groups is 1. The zero-order valence-corrected chi connectivity index (χ0v) is 13.8. The summed E-state index contributed by atoms with van der Waals surface area (Å²) in [5, 5.41) is 4.31. The highest BCUT2D eigenvalue weighted by molar-refractivity contribution is 5.76. The van der Waals surface area contributed by atoms with Crippen molar-refractivity contribution in [3.63, 3.8) is 0 Å². The fourth-order valence-corrected chi connectivity index (χ4v) is 3.21. The number of methoxy groups -OCH3 is 1. The number of benzene rings is 1. The van der Waals surface area contributed by atoms with Crippen molar-refractivity contribution in [1.29, 1.82) is 0 Å². The number of rotatable bonds is 4. The van der Waals surface area contributed by atoms with E-state index >= 15 is 0 Å². The SMILES string of the molecule is COc1ccccc1CCC(=O)N1CCCc2c(cnn2C)C1. The van der Waals surface area contributed by atoms with Gasteiger partial charge >= 0.3 is 0 Å². The van der Waals surface area contributed by atoms with Crippen molar-refractivity contribution in [2.45, 2.75) is 32.2 Å². The van der Waals surface area contributed by atoms with Crippen LogP contribution in [0.2, 0.25) is 0 Å². The van der Waals surface area contributed by atoms with E-state index in [4.69, 9.17) is 4.74 Å². The summed E-state index contributed by atoms with van der Waals surface area (Å²) in [6.07, 6.45) is 5.09. The summed E-state index contributed by atoms with van der Waals surface area (Å²) in [5.74, 6) is 1.05. The Balaban J connectivity index is 1.64. The molecule has 5 nitrogen and oxygen atoms in total. The molecule has 1 amide bonds. The first-order chi connectivity index (χ1) is 11.2. The van der Waals surface area contributed by atoms with Crippen LogP contribution in [0.15, 0.2) is 30.5 Å². The summed E-state index contributed by atoms with van der Waals surface area (Å²) in [4.78, 5) is 14.6.